The molecule has 0 atom stereocenters. The van der Waals surface area contributed by atoms with Crippen molar-refractivity contribution >= 4 is 11.7 Å². The van der Waals surface area contributed by atoms with E-state index in [1.54, 1.807) is 0 Å². The van der Waals surface area contributed by atoms with Gasteiger partial charge in [-0.15, -0.1) is 0 Å². The summed E-state index contributed by atoms with van der Waals surface area (Å²) in [6.07, 6.45) is 2.29. The predicted octanol–water partition coefficient (Wildman–Crippen LogP) is 1.17. The highest BCUT2D eigenvalue weighted by atomic mass is 16.5. The van der Waals surface area contributed by atoms with Crippen molar-refractivity contribution in [3.63, 3.8) is 0 Å². The molecule has 0 radical (unpaired) electrons. The number of anilines is 1. The summed E-state index contributed by atoms with van der Waals surface area (Å²) in [7, 11) is 0. The molecule has 0 spiro atoms. The molecule has 0 aliphatic heterocycles. The number of aromatic nitrogens is 1. The van der Waals surface area contributed by atoms with Crippen molar-refractivity contribution in [1.29, 1.82) is 0 Å². The van der Waals surface area contributed by atoms with Gasteiger partial charge in [-0.3, -0.25) is 0 Å². The zero-order valence-corrected chi connectivity index (χ0v) is 9.68. The molecular formula is C11H16N2O4. The van der Waals surface area contributed by atoms with Gasteiger partial charge in [0.15, 0.2) is 0 Å². The van der Waals surface area contributed by atoms with Gasteiger partial charge in [0.05, 0.1) is 12.2 Å². The van der Waals surface area contributed by atoms with Crippen molar-refractivity contribution in [2.24, 2.45) is 0 Å². The van der Waals surface area contributed by atoms with E-state index in [4.69, 9.17) is 20.3 Å². The van der Waals surface area contributed by atoms with Crippen molar-refractivity contribution in [3.05, 3.63) is 17.8 Å². The van der Waals surface area contributed by atoms with Crippen LogP contribution in [-0.4, -0.2) is 35.9 Å². The fourth-order valence-electron chi connectivity index (χ4n) is 1.20. The van der Waals surface area contributed by atoms with Crippen LogP contribution in [0, 0.1) is 0 Å². The van der Waals surface area contributed by atoms with Crippen LogP contribution in [0.25, 0.3) is 0 Å². The van der Waals surface area contributed by atoms with E-state index in [0.717, 1.165) is 6.42 Å². The molecule has 0 saturated carbocycles. The predicted molar refractivity (Wildman–Crippen MR) is 62.2 cm³/mol. The quantitative estimate of drug-likeness (QED) is 0.694. The van der Waals surface area contributed by atoms with Crippen molar-refractivity contribution in [2.45, 2.75) is 13.3 Å². The molecule has 0 aromatic carbocycles. The summed E-state index contributed by atoms with van der Waals surface area (Å²) < 4.78 is 10.5. The Morgan fingerprint density at radius 3 is 2.88 bits per heavy atom. The molecule has 3 N–H and O–H groups in total. The Bertz CT molecular complexity index is 382. The smallest absolute Gasteiger partial charge is 0.338 e. The van der Waals surface area contributed by atoms with Gasteiger partial charge in [0.25, 0.3) is 0 Å². The molecule has 1 aromatic rings. The highest BCUT2D eigenvalue weighted by molar-refractivity contribution is 5.94. The highest BCUT2D eigenvalue weighted by Gasteiger charge is 2.12. The number of ether oxygens (including phenoxy) is 2. The summed E-state index contributed by atoms with van der Waals surface area (Å²) in [6.45, 7) is 3.39. The standard InChI is InChI=1S/C11H16N2O4/c1-2-5-16-6-7-17-10-9(12)8(11(14)15)3-4-13-10/h3-4H,2,5-7,12H2,1H3,(H,14,15). The Balaban J connectivity index is 2.54. The van der Waals surface area contributed by atoms with Crippen LogP contribution in [0.4, 0.5) is 5.69 Å². The maximum Gasteiger partial charge on any atom is 0.338 e. The molecule has 94 valence electrons. The molecule has 1 heterocycles. The van der Waals surface area contributed by atoms with Crippen molar-refractivity contribution in [2.75, 3.05) is 25.6 Å². The Morgan fingerprint density at radius 2 is 2.24 bits per heavy atom. The van der Waals surface area contributed by atoms with Crippen LogP contribution in [0.2, 0.25) is 0 Å². The fraction of sp³-hybridized carbons (Fsp3) is 0.455. The first-order valence-corrected chi connectivity index (χ1v) is 5.35. The molecular weight excluding hydrogens is 224 g/mol. The lowest BCUT2D eigenvalue weighted by atomic mass is 10.2. The minimum atomic E-state index is -1.10. The second-order valence-corrected chi connectivity index (χ2v) is 3.34. The van der Waals surface area contributed by atoms with Gasteiger partial charge in [-0.05, 0) is 12.5 Å². The van der Waals surface area contributed by atoms with Crippen molar-refractivity contribution in [1.82, 2.24) is 4.98 Å². The molecule has 6 nitrogen and oxygen atoms in total. The summed E-state index contributed by atoms with van der Waals surface area (Å²) in [5, 5.41) is 8.84. The lowest BCUT2D eigenvalue weighted by molar-refractivity contribution is 0.0697. The lowest BCUT2D eigenvalue weighted by Crippen LogP contribution is -2.11. The molecule has 6 heteroatoms. The summed E-state index contributed by atoms with van der Waals surface area (Å²) in [4.78, 5) is 14.7. The SMILES string of the molecule is CCCOCCOc1nccc(C(=O)O)c1N. The van der Waals surface area contributed by atoms with Gasteiger partial charge in [-0.2, -0.15) is 0 Å². The largest absolute Gasteiger partial charge is 0.478 e. The van der Waals surface area contributed by atoms with Crippen molar-refractivity contribution in [3.8, 4) is 5.88 Å². The molecule has 0 unspecified atom stereocenters. The number of carbonyl (C=O) groups is 1. The van der Waals surface area contributed by atoms with Gasteiger partial charge >= 0.3 is 5.97 Å². The first-order valence-electron chi connectivity index (χ1n) is 5.35. The van der Waals surface area contributed by atoms with Crippen LogP contribution in [0.3, 0.4) is 0 Å². The van der Waals surface area contributed by atoms with Crippen LogP contribution in [0.5, 0.6) is 5.88 Å². The first-order chi connectivity index (χ1) is 8.16. The maximum absolute atomic E-state index is 10.8. The van der Waals surface area contributed by atoms with Crippen LogP contribution in [0.1, 0.15) is 23.7 Å². The Morgan fingerprint density at radius 1 is 1.47 bits per heavy atom. The number of carboxylic acid groups (broad SMARTS) is 1. The molecule has 1 rings (SSSR count). The average Bonchev–Trinajstić information content (AvgIpc) is 2.30. The van der Waals surface area contributed by atoms with E-state index in [-0.39, 0.29) is 17.1 Å². The third-order valence-corrected chi connectivity index (χ3v) is 2.00. The second-order valence-electron chi connectivity index (χ2n) is 3.34. The molecule has 0 fully saturated rings. The molecule has 17 heavy (non-hydrogen) atoms. The van der Waals surface area contributed by atoms with Crippen LogP contribution >= 0.6 is 0 Å². The van der Waals surface area contributed by atoms with E-state index < -0.39 is 5.97 Å². The van der Waals surface area contributed by atoms with Crippen LogP contribution in [0.15, 0.2) is 12.3 Å². The zero-order chi connectivity index (χ0) is 12.7. The van der Waals surface area contributed by atoms with Gasteiger partial charge in [-0.1, -0.05) is 6.92 Å². The third kappa shape index (κ3) is 3.92. The van der Waals surface area contributed by atoms with Gasteiger partial charge in [0.2, 0.25) is 5.88 Å². The number of nitrogens with two attached hydrogens (primary N) is 1. The third-order valence-electron chi connectivity index (χ3n) is 2.00. The Hall–Kier alpha value is -1.82. The average molecular weight is 240 g/mol. The number of hydrogen-bond donors (Lipinski definition) is 2. The van der Waals surface area contributed by atoms with E-state index in [9.17, 15) is 4.79 Å². The molecule has 0 amide bonds. The molecule has 0 bridgehead atoms. The van der Waals surface area contributed by atoms with Gasteiger partial charge in [0.1, 0.15) is 12.3 Å². The number of rotatable bonds is 7. The highest BCUT2D eigenvalue weighted by Crippen LogP contribution is 2.21. The van der Waals surface area contributed by atoms with Gasteiger partial charge < -0.3 is 20.3 Å². The van der Waals surface area contributed by atoms with Crippen molar-refractivity contribution < 1.29 is 19.4 Å². The number of nitrogens with zero attached hydrogens (tertiary/aromatic N) is 1. The second kappa shape index (κ2) is 6.70. The van der Waals surface area contributed by atoms with E-state index in [1.807, 2.05) is 6.92 Å². The number of pyridine rings is 1. The minimum Gasteiger partial charge on any atom is -0.478 e. The van der Waals surface area contributed by atoms with E-state index in [2.05, 4.69) is 4.98 Å². The summed E-state index contributed by atoms with van der Waals surface area (Å²) in [6, 6.07) is 1.33. The number of hydrogen-bond acceptors (Lipinski definition) is 5. The van der Waals surface area contributed by atoms with Crippen LogP contribution < -0.4 is 10.5 Å². The Kier molecular flexibility index (Phi) is 5.22. The maximum atomic E-state index is 10.8. The monoisotopic (exact) mass is 240 g/mol. The number of carboxylic acids is 1. The Labute approximate surface area is 99.4 Å². The number of nitrogen functional groups attached to an aromatic ring is 1. The normalized spacial score (nSPS) is 10.2. The first kappa shape index (κ1) is 13.2. The van der Waals surface area contributed by atoms with E-state index in [1.165, 1.54) is 12.3 Å². The minimum absolute atomic E-state index is 0.00974. The lowest BCUT2D eigenvalue weighted by Gasteiger charge is -2.09. The summed E-state index contributed by atoms with van der Waals surface area (Å²) in [5.41, 5.74) is 5.64. The van der Waals surface area contributed by atoms with Gasteiger partial charge in [0, 0.05) is 12.8 Å². The number of aromatic carboxylic acids is 1. The molecule has 0 aliphatic carbocycles. The zero-order valence-electron chi connectivity index (χ0n) is 9.68. The summed E-state index contributed by atoms with van der Waals surface area (Å²) >= 11 is 0. The summed E-state index contributed by atoms with van der Waals surface area (Å²) in [5.74, 6) is -0.970. The molecule has 0 aliphatic rings. The van der Waals surface area contributed by atoms with Crippen LogP contribution in [-0.2, 0) is 4.74 Å². The van der Waals surface area contributed by atoms with Gasteiger partial charge in [-0.25, -0.2) is 9.78 Å². The molecule has 1 aromatic heterocycles. The molecule has 0 saturated heterocycles. The van der Waals surface area contributed by atoms with E-state index in [0.29, 0.717) is 19.8 Å². The topological polar surface area (TPSA) is 94.7 Å². The van der Waals surface area contributed by atoms with E-state index >= 15 is 0 Å². The fourth-order valence-corrected chi connectivity index (χ4v) is 1.20.